The van der Waals surface area contributed by atoms with Crippen molar-refractivity contribution in [2.45, 2.75) is 0 Å². The number of carbonyl (C=O) groups is 2. The Morgan fingerprint density at radius 3 is 2.45 bits per heavy atom. The summed E-state index contributed by atoms with van der Waals surface area (Å²) in [6.07, 6.45) is 0.457. The second kappa shape index (κ2) is 6.00. The van der Waals surface area contributed by atoms with E-state index in [1.807, 2.05) is 0 Å². The zero-order chi connectivity index (χ0) is 16.3. The van der Waals surface area contributed by atoms with Crippen LogP contribution in [0.3, 0.4) is 0 Å². The first-order valence-corrected chi connectivity index (χ1v) is 5.96. The minimum atomic E-state index is -1.29. The number of rotatable bonds is 5. The minimum Gasteiger partial charge on any atom is -0.478 e. The Morgan fingerprint density at radius 2 is 1.91 bits per heavy atom. The van der Waals surface area contributed by atoms with E-state index >= 15 is 0 Å². The van der Waals surface area contributed by atoms with Gasteiger partial charge in [0.15, 0.2) is 0 Å². The molecule has 8 heteroatoms. The van der Waals surface area contributed by atoms with Gasteiger partial charge < -0.3 is 10.4 Å². The first kappa shape index (κ1) is 15.1. The second-order valence-electron chi connectivity index (χ2n) is 4.28. The number of hydrogen-bond donors (Lipinski definition) is 2. The van der Waals surface area contributed by atoms with Crippen LogP contribution in [0.5, 0.6) is 0 Å². The second-order valence-corrected chi connectivity index (χ2v) is 4.28. The van der Waals surface area contributed by atoms with Crippen LogP contribution in [0.15, 0.2) is 36.4 Å². The van der Waals surface area contributed by atoms with E-state index in [9.17, 15) is 24.1 Å². The molecule has 2 aromatic carbocycles. The lowest BCUT2D eigenvalue weighted by Gasteiger charge is -2.09. The molecule has 0 aliphatic rings. The van der Waals surface area contributed by atoms with Crippen LogP contribution in [0.25, 0.3) is 0 Å². The number of carboxylic acids is 1. The Balaban J connectivity index is 2.40. The Hall–Kier alpha value is -3.29. The predicted octanol–water partition coefficient (Wildman–Crippen LogP) is 2.99. The van der Waals surface area contributed by atoms with E-state index in [2.05, 4.69) is 5.32 Å². The average Bonchev–Trinajstić information content (AvgIpc) is 2.49. The molecule has 0 unspecified atom stereocenters. The Morgan fingerprint density at radius 1 is 1.23 bits per heavy atom. The number of nitro groups is 1. The van der Waals surface area contributed by atoms with Crippen molar-refractivity contribution in [3.05, 3.63) is 63.5 Å². The van der Waals surface area contributed by atoms with Crippen LogP contribution in [0.1, 0.15) is 20.7 Å². The van der Waals surface area contributed by atoms with Crippen molar-refractivity contribution in [2.24, 2.45) is 0 Å². The SMILES string of the molecule is O=Cc1ccc(Nc2ccc(C(=O)O)cc2F)c([N+](=O)[O-])c1. The van der Waals surface area contributed by atoms with Crippen LogP contribution in [0.2, 0.25) is 0 Å². The summed E-state index contributed by atoms with van der Waals surface area (Å²) in [7, 11) is 0. The largest absolute Gasteiger partial charge is 0.478 e. The van der Waals surface area contributed by atoms with Gasteiger partial charge in [-0.1, -0.05) is 0 Å². The number of nitro benzene ring substituents is 1. The van der Waals surface area contributed by atoms with Gasteiger partial charge in [0, 0.05) is 11.6 Å². The summed E-state index contributed by atoms with van der Waals surface area (Å²) in [4.78, 5) is 31.7. The van der Waals surface area contributed by atoms with E-state index in [0.29, 0.717) is 6.29 Å². The van der Waals surface area contributed by atoms with Gasteiger partial charge >= 0.3 is 5.97 Å². The molecular weight excluding hydrogens is 295 g/mol. The first-order chi connectivity index (χ1) is 10.4. The van der Waals surface area contributed by atoms with Crippen molar-refractivity contribution in [1.29, 1.82) is 0 Å². The number of hydrogen-bond acceptors (Lipinski definition) is 5. The number of halogens is 1. The smallest absolute Gasteiger partial charge is 0.335 e. The van der Waals surface area contributed by atoms with Crippen LogP contribution in [0.4, 0.5) is 21.5 Å². The summed E-state index contributed by atoms with van der Waals surface area (Å²) >= 11 is 0. The van der Waals surface area contributed by atoms with Gasteiger partial charge in [-0.05, 0) is 30.3 Å². The highest BCUT2D eigenvalue weighted by atomic mass is 19.1. The molecule has 0 amide bonds. The van der Waals surface area contributed by atoms with Gasteiger partial charge in [0.1, 0.15) is 17.8 Å². The normalized spacial score (nSPS) is 10.0. The van der Waals surface area contributed by atoms with E-state index < -0.39 is 22.4 Å². The lowest BCUT2D eigenvalue weighted by atomic mass is 10.1. The lowest BCUT2D eigenvalue weighted by Crippen LogP contribution is -2.02. The predicted molar refractivity (Wildman–Crippen MR) is 75.1 cm³/mol. The Kier molecular flexibility index (Phi) is 4.12. The molecule has 0 aliphatic heterocycles. The van der Waals surface area contributed by atoms with Gasteiger partial charge in [-0.15, -0.1) is 0 Å². The Bertz CT molecular complexity index is 776. The number of benzene rings is 2. The number of carboxylic acid groups (broad SMARTS) is 1. The maximum atomic E-state index is 13.8. The molecule has 2 N–H and O–H groups in total. The average molecular weight is 304 g/mol. The first-order valence-electron chi connectivity index (χ1n) is 5.96. The number of carbonyl (C=O) groups excluding carboxylic acids is 1. The molecule has 112 valence electrons. The molecule has 0 heterocycles. The summed E-state index contributed by atoms with van der Waals surface area (Å²) < 4.78 is 13.8. The minimum absolute atomic E-state index is 0.0161. The standard InChI is InChI=1S/C14H9FN2O5/c15-10-6-9(14(19)20)2-4-11(10)16-12-3-1-8(7-18)5-13(12)17(21)22/h1-7,16H,(H,19,20). The molecule has 0 aromatic heterocycles. The van der Waals surface area contributed by atoms with Crippen LogP contribution in [-0.2, 0) is 0 Å². The summed E-state index contributed by atoms with van der Waals surface area (Å²) in [5.74, 6) is -2.15. The topological polar surface area (TPSA) is 110 Å². The van der Waals surface area contributed by atoms with Crippen LogP contribution in [0, 0.1) is 15.9 Å². The summed E-state index contributed by atoms with van der Waals surface area (Å²) in [5, 5.41) is 22.3. The highest BCUT2D eigenvalue weighted by molar-refractivity contribution is 5.88. The fourth-order valence-corrected chi connectivity index (χ4v) is 1.77. The van der Waals surface area contributed by atoms with Crippen molar-refractivity contribution >= 4 is 29.3 Å². The van der Waals surface area contributed by atoms with Gasteiger partial charge in [-0.3, -0.25) is 14.9 Å². The molecule has 0 saturated carbocycles. The fourth-order valence-electron chi connectivity index (χ4n) is 1.77. The van der Waals surface area contributed by atoms with Crippen molar-refractivity contribution in [3.8, 4) is 0 Å². The third kappa shape index (κ3) is 3.06. The van der Waals surface area contributed by atoms with E-state index in [-0.39, 0.29) is 22.5 Å². The number of nitrogens with one attached hydrogen (secondary N) is 1. The van der Waals surface area contributed by atoms with Gasteiger partial charge in [0.2, 0.25) is 0 Å². The van der Waals surface area contributed by atoms with Gasteiger partial charge in [0.25, 0.3) is 5.69 Å². The number of aromatic carboxylic acids is 1. The third-order valence-electron chi connectivity index (χ3n) is 2.84. The number of nitrogens with zero attached hydrogens (tertiary/aromatic N) is 1. The molecule has 2 rings (SSSR count). The maximum absolute atomic E-state index is 13.8. The molecule has 2 aromatic rings. The maximum Gasteiger partial charge on any atom is 0.335 e. The highest BCUT2D eigenvalue weighted by Gasteiger charge is 2.16. The number of anilines is 2. The summed E-state index contributed by atoms with van der Waals surface area (Å²) in [6, 6.07) is 6.79. The molecular formula is C14H9FN2O5. The van der Waals surface area contributed by atoms with Crippen molar-refractivity contribution in [1.82, 2.24) is 0 Å². The zero-order valence-corrected chi connectivity index (χ0v) is 10.9. The fraction of sp³-hybridized carbons (Fsp3) is 0. The van der Waals surface area contributed by atoms with Crippen LogP contribution in [-0.4, -0.2) is 22.3 Å². The molecule has 0 saturated heterocycles. The van der Waals surface area contributed by atoms with Crippen molar-refractivity contribution in [3.63, 3.8) is 0 Å². The van der Waals surface area contributed by atoms with Crippen LogP contribution >= 0.6 is 0 Å². The lowest BCUT2D eigenvalue weighted by molar-refractivity contribution is -0.383. The molecule has 0 atom stereocenters. The molecule has 0 bridgehead atoms. The molecule has 0 aliphatic carbocycles. The monoisotopic (exact) mass is 304 g/mol. The number of aldehydes is 1. The Labute approximate surface area is 123 Å². The van der Waals surface area contributed by atoms with Gasteiger partial charge in [0.05, 0.1) is 16.2 Å². The highest BCUT2D eigenvalue weighted by Crippen LogP contribution is 2.29. The molecule has 0 spiro atoms. The van der Waals surface area contributed by atoms with E-state index in [1.165, 1.54) is 18.2 Å². The van der Waals surface area contributed by atoms with Crippen molar-refractivity contribution in [2.75, 3.05) is 5.32 Å². The van der Waals surface area contributed by atoms with Gasteiger partial charge in [-0.25, -0.2) is 9.18 Å². The third-order valence-corrected chi connectivity index (χ3v) is 2.84. The molecule has 0 fully saturated rings. The molecule has 7 nitrogen and oxygen atoms in total. The summed E-state index contributed by atoms with van der Waals surface area (Å²) in [5.41, 5.74) is -0.663. The molecule has 22 heavy (non-hydrogen) atoms. The van der Waals surface area contributed by atoms with E-state index in [0.717, 1.165) is 18.2 Å². The summed E-state index contributed by atoms with van der Waals surface area (Å²) in [6.45, 7) is 0. The molecule has 0 radical (unpaired) electrons. The van der Waals surface area contributed by atoms with E-state index in [1.54, 1.807) is 0 Å². The quantitative estimate of drug-likeness (QED) is 0.499. The van der Waals surface area contributed by atoms with Gasteiger partial charge in [-0.2, -0.15) is 0 Å². The van der Waals surface area contributed by atoms with Crippen molar-refractivity contribution < 1.29 is 24.0 Å². The van der Waals surface area contributed by atoms with E-state index in [4.69, 9.17) is 5.11 Å². The zero-order valence-electron chi connectivity index (χ0n) is 10.9. The van der Waals surface area contributed by atoms with Crippen LogP contribution < -0.4 is 5.32 Å².